The van der Waals surface area contributed by atoms with Gasteiger partial charge < -0.3 is 10.2 Å². The fourth-order valence-corrected chi connectivity index (χ4v) is 2.03. The zero-order valence-electron chi connectivity index (χ0n) is 10.6. The first kappa shape index (κ1) is 13.1. The van der Waals surface area contributed by atoms with Crippen LogP contribution < -0.4 is 10.2 Å². The maximum absolute atomic E-state index is 11.5. The third-order valence-corrected chi connectivity index (χ3v) is 2.99. The molecule has 1 aromatic rings. The van der Waals surface area contributed by atoms with E-state index in [0.717, 1.165) is 18.8 Å². The molecule has 2 rings (SSSR count). The minimum absolute atomic E-state index is 0.0216. The van der Waals surface area contributed by atoms with Gasteiger partial charge >= 0.3 is 0 Å². The van der Waals surface area contributed by atoms with Crippen molar-refractivity contribution in [1.29, 1.82) is 0 Å². The molecule has 0 unspecified atom stereocenters. The molecule has 0 aromatic carbocycles. The van der Waals surface area contributed by atoms with Gasteiger partial charge in [-0.25, -0.2) is 9.97 Å². The quantitative estimate of drug-likeness (QED) is 0.828. The number of aromatic nitrogens is 2. The van der Waals surface area contributed by atoms with Crippen LogP contribution in [0.1, 0.15) is 32.0 Å². The largest absolute Gasteiger partial charge is 0.354 e. The Hall–Kier alpha value is -1.36. The van der Waals surface area contributed by atoms with Crippen LogP contribution in [0.2, 0.25) is 5.15 Å². The summed E-state index contributed by atoms with van der Waals surface area (Å²) in [5.74, 6) is 1.68. The number of anilines is 1. The summed E-state index contributed by atoms with van der Waals surface area (Å²) >= 11 is 6.01. The molecule has 1 N–H and O–H groups in total. The van der Waals surface area contributed by atoms with E-state index in [1.165, 1.54) is 0 Å². The molecule has 5 nitrogen and oxygen atoms in total. The lowest BCUT2D eigenvalue weighted by atomic mass is 10.2. The van der Waals surface area contributed by atoms with Gasteiger partial charge in [-0.1, -0.05) is 25.4 Å². The Labute approximate surface area is 112 Å². The van der Waals surface area contributed by atoms with Gasteiger partial charge in [-0.3, -0.25) is 4.79 Å². The summed E-state index contributed by atoms with van der Waals surface area (Å²) in [5.41, 5.74) is 0. The number of nitrogens with zero attached hydrogens (tertiary/aromatic N) is 3. The number of carbonyl (C=O) groups excluding carboxylic acids is 1. The highest BCUT2D eigenvalue weighted by Crippen LogP contribution is 2.20. The SMILES string of the molecule is CC(C)c1nc(Cl)cc(N2CCCNC(=O)C2)n1. The summed E-state index contributed by atoms with van der Waals surface area (Å²) in [6, 6.07) is 1.71. The van der Waals surface area contributed by atoms with E-state index in [2.05, 4.69) is 15.3 Å². The monoisotopic (exact) mass is 268 g/mol. The van der Waals surface area contributed by atoms with Crippen molar-refractivity contribution in [3.05, 3.63) is 17.0 Å². The molecule has 0 saturated carbocycles. The van der Waals surface area contributed by atoms with Crippen LogP contribution in [0.25, 0.3) is 0 Å². The Morgan fingerprint density at radius 2 is 2.22 bits per heavy atom. The Kier molecular flexibility index (Phi) is 4.01. The van der Waals surface area contributed by atoms with E-state index in [0.29, 0.717) is 24.1 Å². The normalized spacial score (nSPS) is 16.7. The second-order valence-electron chi connectivity index (χ2n) is 4.69. The third kappa shape index (κ3) is 3.10. The van der Waals surface area contributed by atoms with Gasteiger partial charge in [-0.2, -0.15) is 0 Å². The van der Waals surface area contributed by atoms with Crippen LogP contribution in [-0.2, 0) is 4.79 Å². The van der Waals surface area contributed by atoms with Crippen molar-refractivity contribution < 1.29 is 4.79 Å². The molecule has 98 valence electrons. The molecule has 1 amide bonds. The first-order valence-corrected chi connectivity index (χ1v) is 6.50. The highest BCUT2D eigenvalue weighted by atomic mass is 35.5. The third-order valence-electron chi connectivity index (χ3n) is 2.80. The average molecular weight is 269 g/mol. The van der Waals surface area contributed by atoms with Gasteiger partial charge in [-0.05, 0) is 6.42 Å². The van der Waals surface area contributed by atoms with Crippen molar-refractivity contribution in [2.24, 2.45) is 0 Å². The number of carbonyl (C=O) groups is 1. The number of hydrogen-bond acceptors (Lipinski definition) is 4. The Morgan fingerprint density at radius 1 is 1.44 bits per heavy atom. The van der Waals surface area contributed by atoms with Crippen LogP contribution >= 0.6 is 11.6 Å². The molecule has 0 spiro atoms. The summed E-state index contributed by atoms with van der Waals surface area (Å²) in [6.07, 6.45) is 0.907. The lowest BCUT2D eigenvalue weighted by Crippen LogP contribution is -2.33. The van der Waals surface area contributed by atoms with Gasteiger partial charge in [0.25, 0.3) is 0 Å². The second-order valence-corrected chi connectivity index (χ2v) is 5.07. The Bertz CT molecular complexity index is 450. The fourth-order valence-electron chi connectivity index (χ4n) is 1.84. The number of hydrogen-bond donors (Lipinski definition) is 1. The minimum atomic E-state index is 0.0216. The molecule has 6 heteroatoms. The summed E-state index contributed by atoms with van der Waals surface area (Å²) in [4.78, 5) is 22.2. The van der Waals surface area contributed by atoms with Gasteiger partial charge in [0.1, 0.15) is 16.8 Å². The molecular formula is C12H17ClN4O. The molecule has 2 heterocycles. The first-order valence-electron chi connectivity index (χ1n) is 6.12. The van der Waals surface area contributed by atoms with E-state index in [1.54, 1.807) is 6.07 Å². The van der Waals surface area contributed by atoms with E-state index >= 15 is 0 Å². The van der Waals surface area contributed by atoms with Crippen LogP contribution in [0.5, 0.6) is 0 Å². The molecule has 1 saturated heterocycles. The van der Waals surface area contributed by atoms with E-state index in [1.807, 2.05) is 18.7 Å². The van der Waals surface area contributed by atoms with E-state index < -0.39 is 0 Å². The van der Waals surface area contributed by atoms with Crippen molar-refractivity contribution in [2.45, 2.75) is 26.2 Å². The molecule has 0 bridgehead atoms. The van der Waals surface area contributed by atoms with Crippen LogP contribution in [-0.4, -0.2) is 35.5 Å². The molecule has 1 fully saturated rings. The average Bonchev–Trinajstić information content (AvgIpc) is 2.53. The number of halogens is 1. The summed E-state index contributed by atoms with van der Waals surface area (Å²) in [5, 5.41) is 3.26. The number of rotatable bonds is 2. The van der Waals surface area contributed by atoms with Crippen LogP contribution in [0, 0.1) is 0 Å². The molecule has 1 aliphatic rings. The lowest BCUT2D eigenvalue weighted by Gasteiger charge is -2.21. The van der Waals surface area contributed by atoms with E-state index in [9.17, 15) is 4.79 Å². The second kappa shape index (κ2) is 5.52. The van der Waals surface area contributed by atoms with Crippen molar-refractivity contribution in [3.63, 3.8) is 0 Å². The predicted molar refractivity (Wildman–Crippen MR) is 71.0 cm³/mol. The molecule has 1 aliphatic heterocycles. The topological polar surface area (TPSA) is 58.1 Å². The van der Waals surface area contributed by atoms with Gasteiger partial charge in [0.2, 0.25) is 5.91 Å². The standard InChI is InChI=1S/C12H17ClN4O/c1-8(2)12-15-9(13)6-10(16-12)17-5-3-4-14-11(18)7-17/h6,8H,3-5,7H2,1-2H3,(H,14,18). The van der Waals surface area contributed by atoms with E-state index in [4.69, 9.17) is 11.6 Å². The lowest BCUT2D eigenvalue weighted by molar-refractivity contribution is -0.119. The highest BCUT2D eigenvalue weighted by molar-refractivity contribution is 6.29. The Morgan fingerprint density at radius 3 is 2.94 bits per heavy atom. The first-order chi connectivity index (χ1) is 8.56. The molecule has 18 heavy (non-hydrogen) atoms. The molecule has 0 atom stereocenters. The zero-order chi connectivity index (χ0) is 13.1. The van der Waals surface area contributed by atoms with Crippen molar-refractivity contribution in [1.82, 2.24) is 15.3 Å². The highest BCUT2D eigenvalue weighted by Gasteiger charge is 2.18. The van der Waals surface area contributed by atoms with Crippen molar-refractivity contribution in [2.75, 3.05) is 24.5 Å². The summed E-state index contributed by atoms with van der Waals surface area (Å²) in [7, 11) is 0. The van der Waals surface area contributed by atoms with Crippen molar-refractivity contribution in [3.8, 4) is 0 Å². The fraction of sp³-hybridized carbons (Fsp3) is 0.583. The Balaban J connectivity index is 2.28. The zero-order valence-corrected chi connectivity index (χ0v) is 11.4. The van der Waals surface area contributed by atoms with Crippen molar-refractivity contribution >= 4 is 23.3 Å². The molecule has 1 aromatic heterocycles. The van der Waals surface area contributed by atoms with E-state index in [-0.39, 0.29) is 11.8 Å². The maximum atomic E-state index is 11.5. The predicted octanol–water partition coefficient (Wildman–Crippen LogP) is 1.58. The smallest absolute Gasteiger partial charge is 0.239 e. The summed E-state index contributed by atoms with van der Waals surface area (Å²) < 4.78 is 0. The molecular weight excluding hydrogens is 252 g/mol. The van der Waals surface area contributed by atoms with Gasteiger partial charge in [0, 0.05) is 25.1 Å². The number of amides is 1. The summed E-state index contributed by atoms with van der Waals surface area (Å²) in [6.45, 7) is 5.87. The maximum Gasteiger partial charge on any atom is 0.239 e. The minimum Gasteiger partial charge on any atom is -0.354 e. The van der Waals surface area contributed by atoms with Gasteiger partial charge in [0.05, 0.1) is 6.54 Å². The molecule has 0 radical (unpaired) electrons. The van der Waals surface area contributed by atoms with Crippen LogP contribution in [0.15, 0.2) is 6.07 Å². The van der Waals surface area contributed by atoms with Crippen LogP contribution in [0.3, 0.4) is 0 Å². The number of nitrogens with one attached hydrogen (secondary N) is 1. The van der Waals surface area contributed by atoms with Crippen LogP contribution in [0.4, 0.5) is 5.82 Å². The van der Waals surface area contributed by atoms with Gasteiger partial charge in [0.15, 0.2) is 0 Å². The van der Waals surface area contributed by atoms with Gasteiger partial charge in [-0.15, -0.1) is 0 Å². The molecule has 0 aliphatic carbocycles.